The number of hydrogen-bond donors (Lipinski definition) is 7. The minimum absolute atomic E-state index is 0.0517. The minimum atomic E-state index is -1.55. The highest BCUT2D eigenvalue weighted by atomic mass is 19.1. The Hall–Kier alpha value is -5.38. The molecule has 0 spiro atoms. The SMILES string of the molecule is Cc1ccc(F)cc1C(=O)N[C@@H]1CC2C(=O)N[C@@H](C)C(=O)N[C@@H]3CCC[C@H]3C(=O)N[C@@H](CC(C)C)C(=O)N[C@@H]([C@@H](C)O)C(=O)N[C@@H](Cc3ccccc3)C(=O)N2C1. The molecule has 2 aromatic carbocycles. The average molecular weight is 792 g/mol. The molecule has 7 amide bonds. The first kappa shape index (κ1) is 42.8. The number of nitrogens with one attached hydrogen (secondary N) is 6. The maximum absolute atomic E-state index is 14.7. The molecule has 308 valence electrons. The molecule has 3 fully saturated rings. The van der Waals surface area contributed by atoms with Gasteiger partial charge < -0.3 is 41.9 Å². The number of halogens is 1. The van der Waals surface area contributed by atoms with E-state index in [1.807, 2.05) is 13.8 Å². The number of nitrogens with zero attached hydrogens (tertiary/aromatic N) is 1. The van der Waals surface area contributed by atoms with Crippen molar-refractivity contribution in [2.75, 3.05) is 6.54 Å². The highest BCUT2D eigenvalue weighted by molar-refractivity contribution is 5.98. The smallest absolute Gasteiger partial charge is 0.251 e. The molecule has 2 aliphatic heterocycles. The van der Waals surface area contributed by atoms with Gasteiger partial charge in [0.2, 0.25) is 35.4 Å². The third kappa shape index (κ3) is 10.7. The van der Waals surface area contributed by atoms with E-state index in [1.165, 1.54) is 30.9 Å². The number of rotatable bonds is 7. The second-order valence-electron chi connectivity index (χ2n) is 15.9. The van der Waals surface area contributed by atoms with Crippen LogP contribution in [-0.2, 0) is 35.2 Å². The first-order valence-electron chi connectivity index (χ1n) is 19.6. The van der Waals surface area contributed by atoms with Gasteiger partial charge in [-0.15, -0.1) is 0 Å². The van der Waals surface area contributed by atoms with E-state index in [9.17, 15) is 43.1 Å². The van der Waals surface area contributed by atoms with E-state index in [1.54, 1.807) is 37.3 Å². The summed E-state index contributed by atoms with van der Waals surface area (Å²) in [6.45, 7) is 7.99. The number of amides is 7. The third-order valence-electron chi connectivity index (χ3n) is 10.9. The first-order valence-corrected chi connectivity index (χ1v) is 19.6. The van der Waals surface area contributed by atoms with Gasteiger partial charge in [-0.25, -0.2) is 4.39 Å². The Kier molecular flexibility index (Phi) is 14.0. The van der Waals surface area contributed by atoms with Crippen LogP contribution in [0.25, 0.3) is 0 Å². The fourth-order valence-electron chi connectivity index (χ4n) is 7.82. The Morgan fingerprint density at radius 2 is 1.56 bits per heavy atom. The van der Waals surface area contributed by atoms with Crippen LogP contribution in [0.15, 0.2) is 48.5 Å². The number of benzene rings is 2. The summed E-state index contributed by atoms with van der Waals surface area (Å²) in [5.74, 6) is -5.97. The molecular formula is C41H54FN7O8. The lowest BCUT2D eigenvalue weighted by molar-refractivity contribution is -0.143. The number of aryl methyl sites for hydroxylation is 1. The van der Waals surface area contributed by atoms with E-state index in [0.717, 1.165) is 6.07 Å². The van der Waals surface area contributed by atoms with Gasteiger partial charge in [-0.05, 0) is 75.6 Å². The molecule has 5 rings (SSSR count). The van der Waals surface area contributed by atoms with Gasteiger partial charge >= 0.3 is 0 Å². The Morgan fingerprint density at radius 3 is 2.25 bits per heavy atom. The van der Waals surface area contributed by atoms with Crippen molar-refractivity contribution in [2.24, 2.45) is 11.8 Å². The summed E-state index contributed by atoms with van der Waals surface area (Å²) in [5, 5.41) is 27.3. The fraction of sp³-hybridized carbons (Fsp3) is 0.537. The van der Waals surface area contributed by atoms with Crippen LogP contribution in [0.2, 0.25) is 0 Å². The molecule has 2 saturated heterocycles. The zero-order valence-electron chi connectivity index (χ0n) is 33.0. The van der Waals surface area contributed by atoms with Crippen LogP contribution in [0, 0.1) is 24.6 Å². The summed E-state index contributed by atoms with van der Waals surface area (Å²) < 4.78 is 14.1. The Bertz CT molecular complexity index is 1840. The van der Waals surface area contributed by atoms with Gasteiger partial charge in [-0.3, -0.25) is 33.6 Å². The van der Waals surface area contributed by atoms with Crippen molar-refractivity contribution in [3.8, 4) is 0 Å². The minimum Gasteiger partial charge on any atom is -0.391 e. The Balaban J connectivity index is 1.52. The van der Waals surface area contributed by atoms with Crippen LogP contribution in [0.1, 0.15) is 81.3 Å². The molecule has 15 nitrogen and oxygen atoms in total. The summed E-state index contributed by atoms with van der Waals surface area (Å²) in [5.41, 5.74) is 1.24. The second-order valence-corrected chi connectivity index (χ2v) is 15.9. The molecule has 57 heavy (non-hydrogen) atoms. The number of carbonyl (C=O) groups is 7. The standard InChI is InChI=1S/C41H54FN7O8/c1-21(2)16-31-38(54)48-34(24(5)50)40(56)47-32(17-25-10-7-6-8-11-25)41(57)49-20-27(44-37(53)29-18-26(42)15-14-22(29)3)19-33(49)39(55)43-23(4)35(51)45-30-13-9-12-28(30)36(52)46-31/h6-8,10-11,14-15,18,21,23-24,27-28,30-34,50H,9,12-13,16-17,19-20H2,1-5H3,(H,43,55)(H,44,53)(H,45,51)(H,46,52)(H,47,56)(H,48,54)/t23-,24+,27+,28+,30+,31-,32-,33?,34-/m0/s1. The fourth-order valence-corrected chi connectivity index (χ4v) is 7.82. The maximum atomic E-state index is 14.7. The summed E-state index contributed by atoms with van der Waals surface area (Å²) in [4.78, 5) is 98.4. The van der Waals surface area contributed by atoms with E-state index in [0.29, 0.717) is 30.4 Å². The number of aliphatic hydroxyl groups is 1. The van der Waals surface area contributed by atoms with Crippen LogP contribution in [-0.4, -0.2) is 106 Å². The van der Waals surface area contributed by atoms with Crippen molar-refractivity contribution in [1.82, 2.24) is 36.8 Å². The van der Waals surface area contributed by atoms with Crippen molar-refractivity contribution >= 4 is 41.4 Å². The topological polar surface area (TPSA) is 215 Å². The molecule has 2 aromatic rings. The van der Waals surface area contributed by atoms with Crippen molar-refractivity contribution in [3.05, 3.63) is 71.0 Å². The quantitative estimate of drug-likeness (QED) is 0.212. The van der Waals surface area contributed by atoms with Crippen molar-refractivity contribution in [3.63, 3.8) is 0 Å². The molecule has 7 N–H and O–H groups in total. The van der Waals surface area contributed by atoms with E-state index in [-0.39, 0.29) is 37.3 Å². The van der Waals surface area contributed by atoms with Gasteiger partial charge in [0.15, 0.2) is 0 Å². The molecule has 1 saturated carbocycles. The van der Waals surface area contributed by atoms with E-state index < -0.39 is 101 Å². The maximum Gasteiger partial charge on any atom is 0.251 e. The van der Waals surface area contributed by atoms with Gasteiger partial charge in [0.25, 0.3) is 5.91 Å². The predicted molar refractivity (Wildman–Crippen MR) is 206 cm³/mol. The molecule has 9 atom stereocenters. The molecule has 0 aromatic heterocycles. The molecule has 0 bridgehead atoms. The average Bonchev–Trinajstić information content (AvgIpc) is 3.80. The van der Waals surface area contributed by atoms with Crippen LogP contribution in [0.3, 0.4) is 0 Å². The molecule has 16 heteroatoms. The van der Waals surface area contributed by atoms with Crippen LogP contribution in [0.4, 0.5) is 4.39 Å². The van der Waals surface area contributed by atoms with E-state index >= 15 is 0 Å². The molecule has 3 aliphatic rings. The molecule has 0 radical (unpaired) electrons. The Labute approximate surface area is 331 Å². The van der Waals surface area contributed by atoms with E-state index in [4.69, 9.17) is 0 Å². The summed E-state index contributed by atoms with van der Waals surface area (Å²) in [7, 11) is 0. The highest BCUT2D eigenvalue weighted by Crippen LogP contribution is 2.27. The van der Waals surface area contributed by atoms with Gasteiger partial charge in [-0.1, -0.05) is 56.7 Å². The second kappa shape index (κ2) is 18.7. The largest absolute Gasteiger partial charge is 0.391 e. The van der Waals surface area contributed by atoms with Crippen molar-refractivity contribution < 1.29 is 43.1 Å². The number of aliphatic hydroxyl groups excluding tert-OH is 1. The summed E-state index contributed by atoms with van der Waals surface area (Å²) in [6.07, 6.45) is 0.196. The zero-order chi connectivity index (χ0) is 41.6. The summed E-state index contributed by atoms with van der Waals surface area (Å²) in [6, 6.07) is 4.88. The van der Waals surface area contributed by atoms with Crippen LogP contribution >= 0.6 is 0 Å². The van der Waals surface area contributed by atoms with Gasteiger partial charge in [0.05, 0.1) is 12.0 Å². The lowest BCUT2D eigenvalue weighted by Gasteiger charge is -2.31. The lowest BCUT2D eigenvalue weighted by Crippen LogP contribution is -2.61. The third-order valence-corrected chi connectivity index (χ3v) is 10.9. The van der Waals surface area contributed by atoms with Crippen molar-refractivity contribution in [2.45, 2.75) is 122 Å². The monoisotopic (exact) mass is 791 g/mol. The molecular weight excluding hydrogens is 737 g/mol. The van der Waals surface area contributed by atoms with E-state index in [2.05, 4.69) is 31.9 Å². The summed E-state index contributed by atoms with van der Waals surface area (Å²) >= 11 is 0. The first-order chi connectivity index (χ1) is 27.0. The van der Waals surface area contributed by atoms with Gasteiger partial charge in [0, 0.05) is 30.6 Å². The molecule has 1 aliphatic carbocycles. The number of carbonyl (C=O) groups excluding carboxylic acids is 7. The molecule has 2 heterocycles. The predicted octanol–water partition coefficient (Wildman–Crippen LogP) is 0.761. The molecule has 1 unspecified atom stereocenters. The van der Waals surface area contributed by atoms with Crippen LogP contribution in [0.5, 0.6) is 0 Å². The Morgan fingerprint density at radius 1 is 0.860 bits per heavy atom. The number of hydrogen-bond acceptors (Lipinski definition) is 8. The highest BCUT2D eigenvalue weighted by Gasteiger charge is 2.45. The van der Waals surface area contributed by atoms with Gasteiger partial charge in [-0.2, -0.15) is 0 Å². The normalized spacial score (nSPS) is 28.4. The lowest BCUT2D eigenvalue weighted by atomic mass is 9.98. The van der Waals surface area contributed by atoms with Crippen molar-refractivity contribution in [1.29, 1.82) is 0 Å². The van der Waals surface area contributed by atoms with Gasteiger partial charge in [0.1, 0.15) is 36.0 Å². The number of fused-ring (bicyclic) bond motifs is 2. The van der Waals surface area contributed by atoms with Crippen LogP contribution < -0.4 is 31.9 Å². The zero-order valence-corrected chi connectivity index (χ0v) is 33.0.